The molecule has 0 bridgehead atoms. The average molecular weight is 247 g/mol. The summed E-state index contributed by atoms with van der Waals surface area (Å²) < 4.78 is 6.13. The highest BCUT2D eigenvalue weighted by molar-refractivity contribution is 6.18. The highest BCUT2D eigenvalue weighted by atomic mass is 35.5. The zero-order valence-corrected chi connectivity index (χ0v) is 12.9. The molecule has 1 nitrogen and oxygen atoms in total. The zero-order chi connectivity index (χ0) is 13.0. The minimum absolute atomic E-state index is 0.0842. The Bertz CT molecular complexity index is 210. The van der Waals surface area contributed by atoms with Gasteiger partial charge < -0.3 is 4.74 Å². The van der Waals surface area contributed by atoms with Crippen molar-refractivity contribution < 1.29 is 4.74 Å². The van der Waals surface area contributed by atoms with Gasteiger partial charge in [0, 0.05) is 5.88 Å². The molecule has 0 radical (unpaired) electrons. The first-order chi connectivity index (χ1) is 7.04. The predicted molar refractivity (Wildman–Crippen MR) is 76.3 cm³/mol. The van der Waals surface area contributed by atoms with Gasteiger partial charge in [0.2, 0.25) is 0 Å². The van der Waals surface area contributed by atoms with Gasteiger partial charge in [-0.3, -0.25) is 0 Å². The molecule has 0 aromatic carbocycles. The van der Waals surface area contributed by atoms with E-state index < -0.39 is 0 Å². The molecule has 3 heteroatoms. The van der Waals surface area contributed by atoms with Crippen molar-refractivity contribution in [2.24, 2.45) is 5.41 Å². The van der Waals surface area contributed by atoms with Crippen LogP contribution in [0.4, 0.5) is 0 Å². The van der Waals surface area contributed by atoms with Crippen LogP contribution in [-0.2, 0) is 4.74 Å². The normalized spacial score (nSPS) is 17.2. The zero-order valence-electron chi connectivity index (χ0n) is 12.1. The number of hydrogen-bond donors (Lipinski definition) is 0. The number of rotatable bonds is 6. The molecule has 0 aliphatic carbocycles. The van der Waals surface area contributed by atoms with Crippen molar-refractivity contribution in [3.05, 3.63) is 0 Å². The first kappa shape index (κ1) is 16.3. The van der Waals surface area contributed by atoms with E-state index in [-0.39, 0.29) is 16.6 Å². The van der Waals surface area contributed by atoms with Crippen LogP contribution in [-0.4, -0.2) is 24.9 Å². The summed E-state index contributed by atoms with van der Waals surface area (Å²) in [7, 11) is 2.24. The molecule has 0 spiro atoms. The van der Waals surface area contributed by atoms with Crippen LogP contribution in [0.2, 0.25) is 6.32 Å². The summed E-state index contributed by atoms with van der Waals surface area (Å²) in [6.07, 6.45) is 3.26. The van der Waals surface area contributed by atoms with Gasteiger partial charge in [-0.25, -0.2) is 0 Å². The third kappa shape index (κ3) is 6.80. The molecule has 0 aliphatic heterocycles. The van der Waals surface area contributed by atoms with E-state index in [0.29, 0.717) is 0 Å². The van der Waals surface area contributed by atoms with Gasteiger partial charge >= 0.3 is 0 Å². The van der Waals surface area contributed by atoms with E-state index in [1.807, 2.05) is 0 Å². The van der Waals surface area contributed by atoms with Gasteiger partial charge in [0.15, 0.2) is 0 Å². The maximum absolute atomic E-state index is 6.13. The van der Waals surface area contributed by atoms with E-state index >= 15 is 0 Å². The lowest BCUT2D eigenvalue weighted by atomic mass is 9.69. The van der Waals surface area contributed by atoms with Gasteiger partial charge in [0.1, 0.15) is 7.85 Å². The molecule has 16 heavy (non-hydrogen) atoms. The Kier molecular flexibility index (Phi) is 5.89. The number of alkyl halides is 1. The monoisotopic (exact) mass is 246 g/mol. The van der Waals surface area contributed by atoms with Gasteiger partial charge in [0.25, 0.3) is 0 Å². The van der Waals surface area contributed by atoms with Gasteiger partial charge in [-0.05, 0) is 52.9 Å². The van der Waals surface area contributed by atoms with Crippen molar-refractivity contribution in [3.63, 3.8) is 0 Å². The minimum atomic E-state index is -0.0882. The third-order valence-electron chi connectivity index (χ3n) is 2.99. The van der Waals surface area contributed by atoms with Crippen LogP contribution in [0.5, 0.6) is 0 Å². The highest BCUT2D eigenvalue weighted by Gasteiger charge is 2.33. The van der Waals surface area contributed by atoms with Crippen LogP contribution in [0.25, 0.3) is 0 Å². The van der Waals surface area contributed by atoms with Crippen molar-refractivity contribution in [1.29, 1.82) is 0 Å². The first-order valence-electron chi connectivity index (χ1n) is 6.30. The Labute approximate surface area is 108 Å². The second kappa shape index (κ2) is 5.77. The molecule has 0 fully saturated rings. The van der Waals surface area contributed by atoms with Crippen LogP contribution in [0.1, 0.15) is 54.4 Å². The molecule has 0 amide bonds. The summed E-state index contributed by atoms with van der Waals surface area (Å²) in [5, 5.41) is 0. The van der Waals surface area contributed by atoms with E-state index in [2.05, 4.69) is 49.4 Å². The third-order valence-corrected chi connectivity index (χ3v) is 3.18. The smallest absolute Gasteiger partial charge is 0.102 e. The van der Waals surface area contributed by atoms with E-state index in [1.54, 1.807) is 0 Å². The Morgan fingerprint density at radius 1 is 1.06 bits per heavy atom. The van der Waals surface area contributed by atoms with Crippen molar-refractivity contribution in [1.82, 2.24) is 0 Å². The fourth-order valence-corrected chi connectivity index (χ4v) is 2.97. The highest BCUT2D eigenvalue weighted by Crippen LogP contribution is 2.38. The van der Waals surface area contributed by atoms with Gasteiger partial charge in [0.05, 0.1) is 11.2 Å². The van der Waals surface area contributed by atoms with Crippen molar-refractivity contribution in [2.75, 3.05) is 5.88 Å². The summed E-state index contributed by atoms with van der Waals surface area (Å²) >= 11 is 5.89. The molecule has 1 atom stereocenters. The van der Waals surface area contributed by atoms with E-state index in [4.69, 9.17) is 16.3 Å². The van der Waals surface area contributed by atoms with Crippen LogP contribution >= 0.6 is 11.6 Å². The lowest BCUT2D eigenvalue weighted by Gasteiger charge is -2.40. The van der Waals surface area contributed by atoms with Crippen LogP contribution in [0.15, 0.2) is 0 Å². The van der Waals surface area contributed by atoms with E-state index in [0.717, 1.165) is 25.0 Å². The lowest BCUT2D eigenvalue weighted by molar-refractivity contribution is -0.129. The van der Waals surface area contributed by atoms with Gasteiger partial charge in [-0.15, -0.1) is 11.6 Å². The van der Waals surface area contributed by atoms with E-state index in [9.17, 15) is 0 Å². The van der Waals surface area contributed by atoms with Crippen LogP contribution in [0, 0.1) is 5.41 Å². The van der Waals surface area contributed by atoms with Gasteiger partial charge in [-0.1, -0.05) is 13.2 Å². The molecule has 0 saturated carbocycles. The molecular weight excluding hydrogens is 218 g/mol. The molecule has 0 N–H and O–H groups in total. The first-order valence-corrected chi connectivity index (χ1v) is 6.83. The summed E-state index contributed by atoms with van der Waals surface area (Å²) in [5.41, 5.74) is 0.116. The van der Waals surface area contributed by atoms with Crippen LogP contribution < -0.4 is 0 Å². The SMILES string of the molecule is BCC(C)(CCCl)CC(C)(C)OC(C)(C)C. The average Bonchev–Trinajstić information content (AvgIpc) is 1.98. The number of hydrogen-bond acceptors (Lipinski definition) is 1. The fraction of sp³-hybridized carbons (Fsp3) is 1.00. The summed E-state index contributed by atoms with van der Waals surface area (Å²) in [4.78, 5) is 0. The predicted octanol–water partition coefficient (Wildman–Crippen LogP) is 3.66. The largest absolute Gasteiger partial charge is 0.370 e. The number of ether oxygens (including phenoxy) is 1. The lowest BCUT2D eigenvalue weighted by Crippen LogP contribution is -2.39. The van der Waals surface area contributed by atoms with Crippen molar-refractivity contribution in [2.45, 2.75) is 71.9 Å². The molecule has 0 aliphatic rings. The molecule has 0 aromatic heterocycles. The molecule has 0 heterocycles. The topological polar surface area (TPSA) is 9.23 Å². The molecule has 0 saturated heterocycles. The Balaban J connectivity index is 4.54. The Morgan fingerprint density at radius 3 is 1.88 bits per heavy atom. The molecular formula is C13H28BClO. The van der Waals surface area contributed by atoms with Crippen LogP contribution in [0.3, 0.4) is 0 Å². The number of halogens is 1. The minimum Gasteiger partial charge on any atom is -0.370 e. The summed E-state index contributed by atoms with van der Waals surface area (Å²) in [5.74, 6) is 0.732. The second-order valence-corrected chi connectivity index (χ2v) is 7.13. The summed E-state index contributed by atoms with van der Waals surface area (Å²) in [6, 6.07) is 0. The second-order valence-electron chi connectivity index (χ2n) is 6.75. The molecule has 0 aromatic rings. The summed E-state index contributed by atoms with van der Waals surface area (Å²) in [6.45, 7) is 13.0. The quantitative estimate of drug-likeness (QED) is 0.513. The molecule has 1 unspecified atom stereocenters. The van der Waals surface area contributed by atoms with Crippen molar-refractivity contribution >= 4 is 19.4 Å². The maximum Gasteiger partial charge on any atom is 0.102 e. The van der Waals surface area contributed by atoms with E-state index in [1.165, 1.54) is 0 Å². The molecule has 0 rings (SSSR count). The van der Waals surface area contributed by atoms with Gasteiger partial charge in [-0.2, -0.15) is 0 Å². The molecule has 96 valence electrons. The standard InChI is InChI=1S/C13H28BClO/c1-11(2,3)16-12(4,5)9-13(6,10-14)7-8-15/h7-10,14H2,1-6H3. The maximum atomic E-state index is 6.13. The Morgan fingerprint density at radius 2 is 1.56 bits per heavy atom. The van der Waals surface area contributed by atoms with Crippen molar-refractivity contribution in [3.8, 4) is 0 Å². The Hall–Kier alpha value is 0.315. The fourth-order valence-electron chi connectivity index (χ4n) is 2.51.